The Kier molecular flexibility index (Phi) is 4.27. The van der Waals surface area contributed by atoms with Crippen LogP contribution in [-0.4, -0.2) is 48.3 Å². The van der Waals surface area contributed by atoms with E-state index in [4.69, 9.17) is 5.73 Å². The van der Waals surface area contributed by atoms with Crippen molar-refractivity contribution in [3.63, 3.8) is 0 Å². The van der Waals surface area contributed by atoms with E-state index in [2.05, 4.69) is 0 Å². The second-order valence-electron chi connectivity index (χ2n) is 5.35. The number of nitrogens with zero attached hydrogens (tertiary/aromatic N) is 2. The zero-order chi connectivity index (χ0) is 14.7. The van der Waals surface area contributed by atoms with Crippen molar-refractivity contribution in [2.75, 3.05) is 26.4 Å². The highest BCUT2D eigenvalue weighted by atomic mass is 16.2. The van der Waals surface area contributed by atoms with E-state index in [1.54, 1.807) is 30.0 Å². The molecule has 5 heteroatoms. The number of benzene rings is 1. The number of nitrogens with two attached hydrogens (primary N) is 1. The molecule has 1 aliphatic heterocycles. The van der Waals surface area contributed by atoms with Crippen molar-refractivity contribution in [3.05, 3.63) is 29.8 Å². The third-order valence-electron chi connectivity index (χ3n) is 3.70. The van der Waals surface area contributed by atoms with Gasteiger partial charge in [-0.1, -0.05) is 18.2 Å². The van der Waals surface area contributed by atoms with Crippen molar-refractivity contribution in [1.82, 2.24) is 9.80 Å². The minimum absolute atomic E-state index is 0.00289. The van der Waals surface area contributed by atoms with E-state index in [9.17, 15) is 9.59 Å². The van der Waals surface area contributed by atoms with Crippen LogP contribution in [0, 0.1) is 0 Å². The van der Waals surface area contributed by atoms with Gasteiger partial charge >= 0.3 is 0 Å². The van der Waals surface area contributed by atoms with Gasteiger partial charge in [0.2, 0.25) is 11.8 Å². The Bertz CT molecular complexity index is 514. The van der Waals surface area contributed by atoms with Crippen LogP contribution in [0.1, 0.15) is 18.4 Å². The number of anilines is 1. The molecule has 2 rings (SSSR count). The van der Waals surface area contributed by atoms with Gasteiger partial charge in [0.25, 0.3) is 0 Å². The van der Waals surface area contributed by atoms with Crippen molar-refractivity contribution >= 4 is 17.5 Å². The largest absolute Gasteiger partial charge is 0.398 e. The summed E-state index contributed by atoms with van der Waals surface area (Å²) in [4.78, 5) is 27.7. The topological polar surface area (TPSA) is 66.6 Å². The van der Waals surface area contributed by atoms with Crippen molar-refractivity contribution in [3.8, 4) is 0 Å². The fourth-order valence-corrected chi connectivity index (χ4v) is 2.58. The number of hydrogen-bond donors (Lipinski definition) is 1. The van der Waals surface area contributed by atoms with Crippen LogP contribution in [0.5, 0.6) is 0 Å². The summed E-state index contributed by atoms with van der Waals surface area (Å²) in [7, 11) is 3.44. The number of amides is 2. The molecule has 0 saturated carbocycles. The predicted molar refractivity (Wildman–Crippen MR) is 78.0 cm³/mol. The van der Waals surface area contributed by atoms with Crippen molar-refractivity contribution in [2.45, 2.75) is 25.3 Å². The molecule has 1 heterocycles. The zero-order valence-electron chi connectivity index (χ0n) is 12.0. The number of hydrogen-bond acceptors (Lipinski definition) is 3. The molecule has 20 heavy (non-hydrogen) atoms. The van der Waals surface area contributed by atoms with Crippen molar-refractivity contribution < 1.29 is 9.59 Å². The van der Waals surface area contributed by atoms with Gasteiger partial charge in [0.15, 0.2) is 0 Å². The normalized spacial score (nSPS) is 18.1. The Balaban J connectivity index is 2.09. The lowest BCUT2D eigenvalue weighted by Gasteiger charge is -2.26. The van der Waals surface area contributed by atoms with E-state index >= 15 is 0 Å². The Labute approximate surface area is 119 Å². The van der Waals surface area contributed by atoms with E-state index in [1.165, 1.54) is 0 Å². The summed E-state index contributed by atoms with van der Waals surface area (Å²) in [6.07, 6.45) is 1.87. The van der Waals surface area contributed by atoms with Gasteiger partial charge in [0, 0.05) is 26.3 Å². The van der Waals surface area contributed by atoms with Gasteiger partial charge in [-0.2, -0.15) is 0 Å². The van der Waals surface area contributed by atoms with Gasteiger partial charge < -0.3 is 15.5 Å². The summed E-state index contributed by atoms with van der Waals surface area (Å²) < 4.78 is 0. The highest BCUT2D eigenvalue weighted by Crippen LogP contribution is 2.21. The van der Waals surface area contributed by atoms with Gasteiger partial charge in [0.05, 0.1) is 6.42 Å². The van der Waals surface area contributed by atoms with E-state index in [0.29, 0.717) is 12.2 Å². The van der Waals surface area contributed by atoms with Crippen LogP contribution in [0.3, 0.4) is 0 Å². The monoisotopic (exact) mass is 275 g/mol. The SMILES string of the molecule is CN(C)C(=O)C1CCCN1C(=O)Cc1ccccc1N. The molecule has 2 amide bonds. The predicted octanol–water partition coefficient (Wildman–Crippen LogP) is 0.890. The first-order chi connectivity index (χ1) is 9.50. The maximum absolute atomic E-state index is 12.4. The number of para-hydroxylation sites is 1. The summed E-state index contributed by atoms with van der Waals surface area (Å²) in [5, 5.41) is 0. The van der Waals surface area contributed by atoms with Crippen molar-refractivity contribution in [1.29, 1.82) is 0 Å². The molecule has 0 bridgehead atoms. The maximum Gasteiger partial charge on any atom is 0.244 e. The molecule has 1 saturated heterocycles. The molecular formula is C15H21N3O2. The summed E-state index contributed by atoms with van der Waals surface area (Å²) in [5.74, 6) is -0.0301. The van der Waals surface area contributed by atoms with Gasteiger partial charge in [-0.3, -0.25) is 9.59 Å². The molecule has 1 fully saturated rings. The summed E-state index contributed by atoms with van der Waals surface area (Å²) in [6.45, 7) is 0.649. The lowest BCUT2D eigenvalue weighted by atomic mass is 10.1. The maximum atomic E-state index is 12.4. The second kappa shape index (κ2) is 5.94. The highest BCUT2D eigenvalue weighted by molar-refractivity contribution is 5.89. The van der Waals surface area contributed by atoms with Crippen LogP contribution < -0.4 is 5.73 Å². The lowest BCUT2D eigenvalue weighted by Crippen LogP contribution is -2.46. The molecule has 5 nitrogen and oxygen atoms in total. The molecular weight excluding hydrogens is 254 g/mol. The Morgan fingerprint density at radius 3 is 2.70 bits per heavy atom. The molecule has 1 aromatic rings. The number of nitrogen functional groups attached to an aromatic ring is 1. The van der Waals surface area contributed by atoms with Crippen LogP contribution in [0.25, 0.3) is 0 Å². The summed E-state index contributed by atoms with van der Waals surface area (Å²) in [6, 6.07) is 7.03. The van der Waals surface area contributed by atoms with Gasteiger partial charge in [-0.25, -0.2) is 0 Å². The fraction of sp³-hybridized carbons (Fsp3) is 0.467. The average Bonchev–Trinajstić information content (AvgIpc) is 2.89. The van der Waals surface area contributed by atoms with Crippen LogP contribution >= 0.6 is 0 Å². The molecule has 2 N–H and O–H groups in total. The highest BCUT2D eigenvalue weighted by Gasteiger charge is 2.34. The molecule has 0 spiro atoms. The van der Waals surface area contributed by atoms with Crippen molar-refractivity contribution in [2.24, 2.45) is 0 Å². The van der Waals surface area contributed by atoms with Gasteiger partial charge in [-0.05, 0) is 24.5 Å². The summed E-state index contributed by atoms with van der Waals surface area (Å²) >= 11 is 0. The fourth-order valence-electron chi connectivity index (χ4n) is 2.58. The van der Waals surface area contributed by atoms with E-state index in [1.807, 2.05) is 18.2 Å². The van der Waals surface area contributed by atoms with Gasteiger partial charge in [-0.15, -0.1) is 0 Å². The third kappa shape index (κ3) is 2.92. The number of likely N-dealkylation sites (tertiary alicyclic amines) is 1. The number of likely N-dealkylation sites (N-methyl/N-ethyl adjacent to an activating group) is 1. The number of carbonyl (C=O) groups excluding carboxylic acids is 2. The van der Waals surface area contributed by atoms with Crippen LogP contribution in [0.4, 0.5) is 5.69 Å². The van der Waals surface area contributed by atoms with Gasteiger partial charge in [0.1, 0.15) is 6.04 Å². The standard InChI is InChI=1S/C15H21N3O2/c1-17(2)15(20)13-8-5-9-18(13)14(19)10-11-6-3-4-7-12(11)16/h3-4,6-7,13H,5,8-10,16H2,1-2H3. The smallest absolute Gasteiger partial charge is 0.244 e. The average molecular weight is 275 g/mol. The quantitative estimate of drug-likeness (QED) is 0.833. The third-order valence-corrected chi connectivity index (χ3v) is 3.70. The molecule has 108 valence electrons. The Morgan fingerprint density at radius 1 is 1.35 bits per heavy atom. The second-order valence-corrected chi connectivity index (χ2v) is 5.35. The molecule has 1 unspecified atom stereocenters. The first-order valence-electron chi connectivity index (χ1n) is 6.84. The molecule has 0 aromatic heterocycles. The lowest BCUT2D eigenvalue weighted by molar-refractivity contribution is -0.141. The van der Waals surface area contributed by atoms with E-state index in [-0.39, 0.29) is 24.3 Å². The summed E-state index contributed by atoms with van der Waals surface area (Å²) in [5.41, 5.74) is 7.31. The minimum Gasteiger partial charge on any atom is -0.398 e. The molecule has 1 aliphatic rings. The molecule has 1 aromatic carbocycles. The molecule has 1 atom stereocenters. The number of rotatable bonds is 3. The zero-order valence-corrected chi connectivity index (χ0v) is 12.0. The first kappa shape index (κ1) is 14.4. The molecule has 0 radical (unpaired) electrons. The molecule has 0 aliphatic carbocycles. The minimum atomic E-state index is -0.317. The van der Waals surface area contributed by atoms with Crippen LogP contribution in [-0.2, 0) is 16.0 Å². The van der Waals surface area contributed by atoms with Crippen LogP contribution in [0.15, 0.2) is 24.3 Å². The Hall–Kier alpha value is -2.04. The van der Waals surface area contributed by atoms with E-state index in [0.717, 1.165) is 18.4 Å². The first-order valence-corrected chi connectivity index (χ1v) is 6.84. The van der Waals surface area contributed by atoms with Crippen LogP contribution in [0.2, 0.25) is 0 Å². The van der Waals surface area contributed by atoms with E-state index < -0.39 is 0 Å². The number of carbonyl (C=O) groups is 2. The Morgan fingerprint density at radius 2 is 2.05 bits per heavy atom.